The molecule has 0 unspecified atom stereocenters. The fraction of sp³-hybridized carbons (Fsp3) is 0.229. The van der Waals surface area contributed by atoms with E-state index in [-0.39, 0.29) is 70.7 Å². The van der Waals surface area contributed by atoms with E-state index in [1.807, 2.05) is 65.6 Å². The van der Waals surface area contributed by atoms with E-state index in [4.69, 9.17) is 28.2 Å². The first kappa shape index (κ1) is 41.7. The van der Waals surface area contributed by atoms with Crippen LogP contribution in [0.2, 0.25) is 0 Å². The van der Waals surface area contributed by atoms with Crippen molar-refractivity contribution < 1.29 is 44.2 Å². The zero-order valence-electron chi connectivity index (χ0n) is 55.5. The van der Waals surface area contributed by atoms with E-state index in [0.29, 0.717) is 40.1 Å². The van der Waals surface area contributed by atoms with Crippen LogP contribution in [0.3, 0.4) is 0 Å². The number of pyridine rings is 1. The second-order valence-electron chi connectivity index (χ2n) is 23.6. The van der Waals surface area contributed by atoms with Crippen LogP contribution in [0, 0.1) is 18.8 Å². The number of hydrogen-bond donors (Lipinski definition) is 0. The van der Waals surface area contributed by atoms with Gasteiger partial charge < -0.3 is 23.8 Å². The fourth-order valence-corrected chi connectivity index (χ4v) is 9.89. The van der Waals surface area contributed by atoms with Crippen molar-refractivity contribution in [2.75, 3.05) is 9.80 Å². The molecule has 1 aliphatic heterocycles. The Hall–Kier alpha value is -7.40. The van der Waals surface area contributed by atoms with E-state index in [2.05, 4.69) is 130 Å². The first-order valence-electron chi connectivity index (χ1n) is 30.7. The van der Waals surface area contributed by atoms with Crippen LogP contribution in [0.1, 0.15) is 119 Å². The number of nitrogens with zero attached hydrogens (tertiary/aromatic N) is 4. The third kappa shape index (κ3) is 10.3. The Kier molecular flexibility index (Phi) is 10.9. The summed E-state index contributed by atoms with van der Waals surface area (Å²) in [6.07, 6.45) is 1.78. The molecule has 10 aromatic rings. The monoisotopic (exact) mass is 1200 g/mol. The van der Waals surface area contributed by atoms with Crippen molar-refractivity contribution in [1.82, 2.24) is 9.55 Å². The smallest absolute Gasteiger partial charge is 0.139 e. The van der Waals surface area contributed by atoms with Gasteiger partial charge in [0, 0.05) is 89.7 Å². The number of hydrogen-bond acceptors (Lipinski definition) is 5. The molecule has 1 aliphatic rings. The molecule has 392 valence electrons. The Labute approximate surface area is 484 Å². The summed E-state index contributed by atoms with van der Waals surface area (Å²) < 4.78 is 104. The van der Waals surface area contributed by atoms with Crippen LogP contribution in [0.4, 0.5) is 22.7 Å². The predicted octanol–water partition coefficient (Wildman–Crippen LogP) is 19.3. The second-order valence-corrected chi connectivity index (χ2v) is 23.6. The molecule has 0 fully saturated rings. The summed E-state index contributed by atoms with van der Waals surface area (Å²) in [6, 6.07) is 38.6. The minimum Gasteiger partial charge on any atom is -0.509 e. The molecule has 0 radical (unpaired) electrons. The molecule has 0 N–H and O–H groups in total. The quantitative estimate of drug-likeness (QED) is 0.135. The van der Waals surface area contributed by atoms with Crippen LogP contribution >= 0.6 is 0 Å². The van der Waals surface area contributed by atoms with Crippen LogP contribution in [0.25, 0.3) is 49.9 Å². The molecule has 0 spiro atoms. The van der Waals surface area contributed by atoms with Gasteiger partial charge in [0.05, 0.1) is 13.7 Å². The van der Waals surface area contributed by atoms with Crippen molar-refractivity contribution in [3.63, 3.8) is 0 Å². The van der Waals surface area contributed by atoms with E-state index < -0.39 is 60.4 Å². The molecule has 8 aromatic carbocycles. The first-order valence-corrected chi connectivity index (χ1v) is 25.7. The maximum atomic E-state index is 9.10. The average Bonchev–Trinajstić information content (AvgIpc) is 1.76. The number of rotatable bonds is 9. The SMILES string of the molecule is [2H]c1c([2H])c([2H])c(-c2cccc(-c3c([2H])c([2H])c([2H])c([2H])c3[2H])c2N2[CH-]N(c3[c-]c(Oc4[c-]c5c(cc4)c4cc(C(C)(C)C)ccc4n5-c4cc(Oc5c(C(C)(C)C)cc(C(C)(C)C)cc5C(C)(C)C)ccn4)ccc3)c3ccccc32)c([2H])c1[2H].[Pt]. The molecule has 11 rings (SSSR count). The van der Waals surface area contributed by atoms with Gasteiger partial charge >= 0.3 is 0 Å². The van der Waals surface area contributed by atoms with Crippen LogP contribution in [-0.4, -0.2) is 9.55 Å². The number of benzene rings is 8. The van der Waals surface area contributed by atoms with E-state index >= 15 is 0 Å². The Bertz CT molecular complexity index is 4240. The summed E-state index contributed by atoms with van der Waals surface area (Å²) in [5, 5.41) is 1.97. The van der Waals surface area contributed by atoms with Crippen LogP contribution < -0.4 is 19.3 Å². The van der Waals surface area contributed by atoms with E-state index in [0.717, 1.165) is 38.7 Å². The topological polar surface area (TPSA) is 42.8 Å². The van der Waals surface area contributed by atoms with E-state index in [1.165, 1.54) is 11.1 Å². The molecule has 0 bridgehead atoms. The largest absolute Gasteiger partial charge is 0.509 e. The summed E-state index contributed by atoms with van der Waals surface area (Å²) in [4.78, 5) is 8.61. The molecule has 3 heterocycles. The fourth-order valence-electron chi connectivity index (χ4n) is 9.89. The number of anilines is 4. The van der Waals surface area contributed by atoms with Gasteiger partial charge in [-0.05, 0) is 73.6 Å². The number of fused-ring (bicyclic) bond motifs is 4. The predicted molar refractivity (Wildman–Crippen MR) is 316 cm³/mol. The normalized spacial score (nSPS) is 14.8. The van der Waals surface area contributed by atoms with Crippen molar-refractivity contribution in [2.45, 2.75) is 105 Å². The second kappa shape index (κ2) is 20.2. The Morgan fingerprint density at radius 3 is 1.70 bits per heavy atom. The molecule has 77 heavy (non-hydrogen) atoms. The van der Waals surface area contributed by atoms with Gasteiger partial charge in [-0.3, -0.25) is 0 Å². The van der Waals surface area contributed by atoms with Gasteiger partial charge in [0.1, 0.15) is 17.3 Å². The van der Waals surface area contributed by atoms with Gasteiger partial charge in [0.2, 0.25) is 0 Å². The number of para-hydroxylation sites is 3. The minimum atomic E-state index is -0.570. The average molecular weight is 1200 g/mol. The summed E-state index contributed by atoms with van der Waals surface area (Å²) in [7, 11) is 0. The Morgan fingerprint density at radius 2 is 1.10 bits per heavy atom. The summed E-state index contributed by atoms with van der Waals surface area (Å²) >= 11 is 0. The van der Waals surface area contributed by atoms with E-state index in [9.17, 15) is 0 Å². The molecular weight excluding hydrogens is 1120 g/mol. The maximum absolute atomic E-state index is 9.10. The molecular formula is C70H67N4O2Pt-3. The van der Waals surface area contributed by atoms with Gasteiger partial charge in [-0.2, -0.15) is 12.1 Å². The molecule has 2 aromatic heterocycles. The summed E-state index contributed by atoms with van der Waals surface area (Å²) in [5.41, 5.74) is 7.70. The van der Waals surface area contributed by atoms with Crippen molar-refractivity contribution in [3.8, 4) is 51.1 Å². The van der Waals surface area contributed by atoms with Gasteiger partial charge in [-0.15, -0.1) is 48.1 Å². The minimum absolute atomic E-state index is 0. The number of aromatic nitrogens is 2. The molecule has 0 atom stereocenters. The van der Waals surface area contributed by atoms with Crippen molar-refractivity contribution in [1.29, 1.82) is 0 Å². The molecule has 0 saturated carbocycles. The van der Waals surface area contributed by atoms with Gasteiger partial charge in [-0.25, -0.2) is 4.98 Å². The standard InChI is InChI=1S/C70H67N4O2.Pt/c1-67(2,3)48-33-36-60-57(39-48)56-35-34-52(43-63(56)74(60)64-44-53(37-38-71-64)76-66-58(69(7,8)9)40-49(68(4,5)6)41-59(66)70(10,11)12)75-51-28-21-27-50(42-51)72-45-73(62-32-20-19-31-61(62)72)65-54(46-23-15-13-16-24-46)29-22-30-55(65)47-25-17-14-18-26-47;/h13-41,44-45H,1-12H3;/q-3;/i13D,14D,15D,16D,17D,18D,23D,24D,25D,26D;. The molecule has 0 amide bonds. The maximum Gasteiger partial charge on any atom is 0.139 e. The van der Waals surface area contributed by atoms with Gasteiger partial charge in [0.25, 0.3) is 0 Å². The van der Waals surface area contributed by atoms with Crippen molar-refractivity contribution in [3.05, 3.63) is 223 Å². The van der Waals surface area contributed by atoms with Crippen molar-refractivity contribution >= 4 is 44.6 Å². The Morgan fingerprint density at radius 1 is 0.519 bits per heavy atom. The summed E-state index contributed by atoms with van der Waals surface area (Å²) in [5.74, 6) is 2.87. The Balaban J connectivity index is 0.00000838. The molecule has 7 heteroatoms. The van der Waals surface area contributed by atoms with Crippen LogP contribution in [-0.2, 0) is 42.7 Å². The zero-order valence-corrected chi connectivity index (χ0v) is 47.8. The van der Waals surface area contributed by atoms with Crippen LogP contribution in [0.5, 0.6) is 23.0 Å². The van der Waals surface area contributed by atoms with E-state index in [1.54, 1.807) is 42.0 Å². The van der Waals surface area contributed by atoms with Crippen LogP contribution in [0.15, 0.2) is 182 Å². The van der Waals surface area contributed by atoms with Gasteiger partial charge in [0.15, 0.2) is 0 Å². The molecule has 0 saturated heterocycles. The summed E-state index contributed by atoms with van der Waals surface area (Å²) in [6.45, 7) is 28.4. The third-order valence-corrected chi connectivity index (χ3v) is 13.9. The molecule has 6 nitrogen and oxygen atoms in total. The van der Waals surface area contributed by atoms with Gasteiger partial charge in [-0.1, -0.05) is 204 Å². The zero-order chi connectivity index (χ0) is 62.0. The third-order valence-electron chi connectivity index (χ3n) is 13.9. The molecule has 0 aliphatic carbocycles. The number of ether oxygens (including phenoxy) is 2. The first-order chi connectivity index (χ1) is 40.3. The van der Waals surface area contributed by atoms with Crippen molar-refractivity contribution in [2.24, 2.45) is 0 Å².